The predicted molar refractivity (Wildman–Crippen MR) is 124 cm³/mol. The lowest BCUT2D eigenvalue weighted by molar-refractivity contribution is 0.506. The number of benzene rings is 2. The van der Waals surface area contributed by atoms with E-state index < -0.39 is 0 Å². The van der Waals surface area contributed by atoms with Crippen molar-refractivity contribution < 1.29 is 0 Å². The molecule has 0 saturated heterocycles. The van der Waals surface area contributed by atoms with Crippen molar-refractivity contribution in [1.29, 1.82) is 5.26 Å². The lowest BCUT2D eigenvalue weighted by atomic mass is 9.94. The van der Waals surface area contributed by atoms with Crippen molar-refractivity contribution in [2.45, 2.75) is 26.3 Å². The first kappa shape index (κ1) is 21.4. The van der Waals surface area contributed by atoms with Crippen molar-refractivity contribution in [1.82, 2.24) is 10.3 Å². The van der Waals surface area contributed by atoms with E-state index in [0.717, 1.165) is 47.6 Å². The third-order valence-electron chi connectivity index (χ3n) is 5.21. The molecular weight excluding hydrogens is 372 g/mol. The second-order valence-electron chi connectivity index (χ2n) is 7.59. The van der Waals surface area contributed by atoms with Crippen LogP contribution in [0.1, 0.15) is 35.6 Å². The van der Waals surface area contributed by atoms with Gasteiger partial charge in [-0.1, -0.05) is 30.3 Å². The molecule has 1 aliphatic rings. The van der Waals surface area contributed by atoms with Crippen LogP contribution in [0.5, 0.6) is 0 Å². The number of hydrogen-bond donors (Lipinski definition) is 4. The minimum absolute atomic E-state index is 0.398. The van der Waals surface area contributed by atoms with Crippen molar-refractivity contribution in [2.75, 3.05) is 25.5 Å². The van der Waals surface area contributed by atoms with E-state index in [9.17, 15) is 0 Å². The van der Waals surface area contributed by atoms with E-state index in [2.05, 4.69) is 41.0 Å². The molecule has 0 atom stereocenters. The Labute approximate surface area is 178 Å². The van der Waals surface area contributed by atoms with Gasteiger partial charge >= 0.3 is 0 Å². The normalized spacial score (nSPS) is 14.4. The van der Waals surface area contributed by atoms with Crippen LogP contribution in [0.4, 0.5) is 5.69 Å². The highest BCUT2D eigenvalue weighted by Gasteiger charge is 2.15. The van der Waals surface area contributed by atoms with Crippen LogP contribution in [0, 0.1) is 11.3 Å². The number of rotatable bonds is 7. The van der Waals surface area contributed by atoms with Crippen LogP contribution in [0.3, 0.4) is 0 Å². The molecule has 6 N–H and O–H groups in total. The molecule has 0 unspecified atom stereocenters. The molecule has 0 fully saturated rings. The Morgan fingerprint density at radius 2 is 2.10 bits per heavy atom. The maximum Gasteiger partial charge on any atom is 0.0774 e. The molecule has 2 aromatic rings. The highest BCUT2D eigenvalue weighted by Crippen LogP contribution is 2.28. The summed E-state index contributed by atoms with van der Waals surface area (Å²) in [7, 11) is 1.80. The Morgan fingerprint density at radius 3 is 2.77 bits per heavy atom. The summed E-state index contributed by atoms with van der Waals surface area (Å²) in [6, 6.07) is 16.6. The van der Waals surface area contributed by atoms with Crippen LogP contribution in [0.2, 0.25) is 0 Å². The van der Waals surface area contributed by atoms with Crippen LogP contribution in [0.25, 0.3) is 11.3 Å². The highest BCUT2D eigenvalue weighted by atomic mass is 15.4. The van der Waals surface area contributed by atoms with Crippen molar-refractivity contribution in [3.63, 3.8) is 0 Å². The Balaban J connectivity index is 1.96. The van der Waals surface area contributed by atoms with Gasteiger partial charge in [-0.3, -0.25) is 0 Å². The van der Waals surface area contributed by atoms with E-state index in [0.29, 0.717) is 18.7 Å². The first-order valence-electron chi connectivity index (χ1n) is 10.2. The molecule has 2 aromatic carbocycles. The number of nitrogens with one attached hydrogen (secondary N) is 2. The van der Waals surface area contributed by atoms with Gasteiger partial charge in [-0.15, -0.1) is 0 Å². The fourth-order valence-corrected chi connectivity index (χ4v) is 3.82. The van der Waals surface area contributed by atoms with Crippen molar-refractivity contribution in [3.8, 4) is 6.07 Å². The molecule has 156 valence electrons. The van der Waals surface area contributed by atoms with Crippen LogP contribution in [0.15, 0.2) is 54.2 Å². The number of nitrogens with two attached hydrogens (primary N) is 2. The molecule has 30 heavy (non-hydrogen) atoms. The van der Waals surface area contributed by atoms with Crippen molar-refractivity contribution >= 4 is 17.0 Å². The van der Waals surface area contributed by atoms with Crippen molar-refractivity contribution in [3.05, 3.63) is 76.5 Å². The molecule has 1 aliphatic heterocycles. The second kappa shape index (κ2) is 9.97. The summed E-state index contributed by atoms with van der Waals surface area (Å²) in [4.78, 5) is 0. The molecule has 6 nitrogen and oxygen atoms in total. The van der Waals surface area contributed by atoms with Crippen LogP contribution < -0.4 is 22.2 Å². The summed E-state index contributed by atoms with van der Waals surface area (Å²) in [6.45, 7) is 4.38. The van der Waals surface area contributed by atoms with E-state index in [4.69, 9.17) is 16.8 Å². The maximum absolute atomic E-state index is 8.96. The molecule has 0 spiro atoms. The summed E-state index contributed by atoms with van der Waals surface area (Å²) >= 11 is 0. The number of allylic oxidation sites excluding steroid dienone is 1. The van der Waals surface area contributed by atoms with Gasteiger partial charge in [0, 0.05) is 37.1 Å². The minimum Gasteiger partial charge on any atom is -0.401 e. The molecule has 6 heteroatoms. The zero-order valence-electron chi connectivity index (χ0n) is 17.7. The fourth-order valence-electron chi connectivity index (χ4n) is 3.82. The monoisotopic (exact) mass is 402 g/mol. The van der Waals surface area contributed by atoms with Gasteiger partial charge in [0.15, 0.2) is 0 Å². The zero-order chi connectivity index (χ0) is 21.5. The number of nitriles is 1. The lowest BCUT2D eigenvalue weighted by Gasteiger charge is -2.23. The van der Waals surface area contributed by atoms with E-state index in [1.165, 1.54) is 11.1 Å². The third-order valence-corrected chi connectivity index (χ3v) is 5.21. The molecule has 0 amide bonds. The van der Waals surface area contributed by atoms with Crippen LogP contribution in [-0.2, 0) is 13.0 Å². The number of nitrogens with zero attached hydrogens (tertiary/aromatic N) is 2. The van der Waals surface area contributed by atoms with E-state index >= 15 is 0 Å². The highest BCUT2D eigenvalue weighted by molar-refractivity contribution is 5.74. The first-order chi connectivity index (χ1) is 14.5. The van der Waals surface area contributed by atoms with Crippen molar-refractivity contribution in [2.24, 2.45) is 11.6 Å². The van der Waals surface area contributed by atoms with Crippen LogP contribution >= 0.6 is 0 Å². The van der Waals surface area contributed by atoms with Gasteiger partial charge in [-0.05, 0) is 60.4 Å². The Bertz CT molecular complexity index is 993. The molecule has 3 rings (SSSR count). The zero-order valence-corrected chi connectivity index (χ0v) is 17.7. The lowest BCUT2D eigenvalue weighted by Crippen LogP contribution is -2.27. The smallest absolute Gasteiger partial charge is 0.0774 e. The largest absolute Gasteiger partial charge is 0.401 e. The van der Waals surface area contributed by atoms with Gasteiger partial charge in [0.25, 0.3) is 0 Å². The molecule has 0 radical (unpaired) electrons. The second-order valence-corrected chi connectivity index (χ2v) is 7.59. The van der Waals surface area contributed by atoms with E-state index in [1.54, 1.807) is 12.1 Å². The summed E-state index contributed by atoms with van der Waals surface area (Å²) in [5, 5.41) is 17.4. The maximum atomic E-state index is 8.96. The van der Waals surface area contributed by atoms with Gasteiger partial charge in [0.05, 0.1) is 18.2 Å². The predicted octanol–water partition coefficient (Wildman–Crippen LogP) is 3.19. The summed E-state index contributed by atoms with van der Waals surface area (Å²) in [5.74, 6) is 6.10. The molecule has 0 aromatic heterocycles. The van der Waals surface area contributed by atoms with E-state index in [-0.39, 0.29) is 0 Å². The fraction of sp³-hybridized carbons (Fsp3) is 0.292. The van der Waals surface area contributed by atoms with Gasteiger partial charge in [-0.25, -0.2) is 5.84 Å². The Kier molecular flexibility index (Phi) is 7.12. The topological polar surface area (TPSA) is 103 Å². The number of hydrogen-bond acceptors (Lipinski definition) is 6. The molecular formula is C24H30N6. The average molecular weight is 403 g/mol. The van der Waals surface area contributed by atoms with Gasteiger partial charge in [0.1, 0.15) is 0 Å². The molecule has 1 heterocycles. The first-order valence-corrected chi connectivity index (χ1v) is 10.2. The minimum atomic E-state index is 0.398. The molecule has 0 bridgehead atoms. The van der Waals surface area contributed by atoms with Crippen LogP contribution in [-0.4, -0.2) is 25.1 Å². The van der Waals surface area contributed by atoms with Gasteiger partial charge in [0.2, 0.25) is 0 Å². The molecule has 0 saturated carbocycles. The average Bonchev–Trinajstić information content (AvgIpc) is 2.73. The third kappa shape index (κ3) is 5.20. The quantitative estimate of drug-likeness (QED) is 0.419. The Morgan fingerprint density at radius 1 is 1.27 bits per heavy atom. The summed E-state index contributed by atoms with van der Waals surface area (Å²) < 4.78 is 0. The van der Waals surface area contributed by atoms with Gasteiger partial charge < -0.3 is 21.4 Å². The summed E-state index contributed by atoms with van der Waals surface area (Å²) in [6.07, 6.45) is 3.66. The Hall–Kier alpha value is -3.27. The van der Waals surface area contributed by atoms with E-state index in [1.807, 2.05) is 31.2 Å². The molecule has 0 aliphatic carbocycles. The van der Waals surface area contributed by atoms with Gasteiger partial charge in [-0.2, -0.15) is 5.26 Å². The number of anilines is 1. The summed E-state index contributed by atoms with van der Waals surface area (Å²) in [5.41, 5.74) is 14.3. The SMILES string of the molecule is C/C(N)=C(\c1ccc(C2=CCNCC2)cc1CNc1cccc(CC#N)c1)N(C)N. The standard InChI is InChI=1S/C24H30N6/c1-17(26)24(30(2)27)23-7-6-20(19-9-12-28-13-10-19)15-21(23)16-29-22-5-3-4-18(14-22)8-11-25/h3-7,9,14-15,28-29H,8,10,12-13,16,26-27H2,1-2H3/b24-17-. The number of hydrazine groups is 1.